The number of carbonyl (C=O) groups excluding carboxylic acids is 1. The molecule has 1 aromatic carbocycles. The maximum atomic E-state index is 13.3. The van der Waals surface area contributed by atoms with Crippen LogP contribution < -0.4 is 14.4 Å². The van der Waals surface area contributed by atoms with Crippen LogP contribution >= 0.6 is 0 Å². The fourth-order valence-corrected chi connectivity index (χ4v) is 5.01. The maximum absolute atomic E-state index is 13.3. The van der Waals surface area contributed by atoms with Gasteiger partial charge in [-0.3, -0.25) is 9.69 Å². The second-order valence-corrected chi connectivity index (χ2v) is 9.11. The zero-order valence-corrected chi connectivity index (χ0v) is 19.6. The van der Waals surface area contributed by atoms with E-state index in [-0.39, 0.29) is 5.91 Å². The van der Waals surface area contributed by atoms with Crippen LogP contribution in [0.5, 0.6) is 11.5 Å². The molecule has 0 unspecified atom stereocenters. The van der Waals surface area contributed by atoms with Crippen molar-refractivity contribution in [1.29, 1.82) is 0 Å². The molecule has 8 heteroatoms. The van der Waals surface area contributed by atoms with Gasteiger partial charge < -0.3 is 19.3 Å². The van der Waals surface area contributed by atoms with Gasteiger partial charge in [0.25, 0.3) is 5.91 Å². The summed E-state index contributed by atoms with van der Waals surface area (Å²) in [6.07, 6.45) is 7.53. The summed E-state index contributed by atoms with van der Waals surface area (Å²) in [4.78, 5) is 29.8. The van der Waals surface area contributed by atoms with E-state index >= 15 is 0 Å². The molecule has 8 nitrogen and oxygen atoms in total. The quantitative estimate of drug-likeness (QED) is 0.691. The largest absolute Gasteiger partial charge is 0.497 e. The second-order valence-electron chi connectivity index (χ2n) is 9.11. The highest BCUT2D eigenvalue weighted by Crippen LogP contribution is 2.28. The topological polar surface area (TPSA) is 71.0 Å². The summed E-state index contributed by atoms with van der Waals surface area (Å²) in [5.74, 6) is 1.99. The molecule has 1 aromatic heterocycles. The van der Waals surface area contributed by atoms with Gasteiger partial charge in [0.05, 0.1) is 25.5 Å². The number of ether oxygens (including phenoxy) is 2. The maximum Gasteiger partial charge on any atom is 0.257 e. The van der Waals surface area contributed by atoms with Gasteiger partial charge in [0, 0.05) is 57.9 Å². The van der Waals surface area contributed by atoms with E-state index in [1.807, 2.05) is 11.1 Å². The molecular weight excluding hydrogens is 418 g/mol. The van der Waals surface area contributed by atoms with Crippen LogP contribution in [0.4, 0.5) is 5.95 Å². The third kappa shape index (κ3) is 4.49. The van der Waals surface area contributed by atoms with Gasteiger partial charge in [0.2, 0.25) is 5.95 Å². The van der Waals surface area contributed by atoms with Crippen molar-refractivity contribution in [2.75, 3.05) is 58.4 Å². The van der Waals surface area contributed by atoms with Gasteiger partial charge >= 0.3 is 0 Å². The van der Waals surface area contributed by atoms with E-state index in [1.165, 1.54) is 19.3 Å². The van der Waals surface area contributed by atoms with Crippen molar-refractivity contribution in [3.05, 3.63) is 41.2 Å². The lowest BCUT2D eigenvalue weighted by atomic mass is 9.91. The van der Waals surface area contributed by atoms with Gasteiger partial charge in [-0.15, -0.1) is 0 Å². The van der Waals surface area contributed by atoms with Crippen molar-refractivity contribution in [3.63, 3.8) is 0 Å². The van der Waals surface area contributed by atoms with Gasteiger partial charge in [0.1, 0.15) is 11.5 Å². The SMILES string of the molecule is COc1ccc(OC)c(C(=O)N2CCc3cnc(N4CCN(C5CCC5)CC4)nc3CC2)c1. The first-order valence-corrected chi connectivity index (χ1v) is 12.0. The van der Waals surface area contributed by atoms with E-state index in [2.05, 4.69) is 9.80 Å². The normalized spacial score (nSPS) is 19.5. The first kappa shape index (κ1) is 21.9. The fraction of sp³-hybridized carbons (Fsp3) is 0.560. The number of hydrogen-bond donors (Lipinski definition) is 0. The van der Waals surface area contributed by atoms with E-state index < -0.39 is 0 Å². The molecule has 5 rings (SSSR count). The minimum Gasteiger partial charge on any atom is -0.497 e. The van der Waals surface area contributed by atoms with Crippen molar-refractivity contribution in [3.8, 4) is 11.5 Å². The lowest BCUT2D eigenvalue weighted by Gasteiger charge is -2.43. The van der Waals surface area contributed by atoms with Crippen LogP contribution in [0, 0.1) is 0 Å². The molecule has 2 aromatic rings. The molecule has 1 aliphatic carbocycles. The summed E-state index contributed by atoms with van der Waals surface area (Å²) in [6.45, 7) is 5.41. The molecule has 0 N–H and O–H groups in total. The van der Waals surface area contributed by atoms with E-state index in [9.17, 15) is 4.79 Å². The summed E-state index contributed by atoms with van der Waals surface area (Å²) < 4.78 is 10.7. The smallest absolute Gasteiger partial charge is 0.257 e. The van der Waals surface area contributed by atoms with Gasteiger partial charge in [-0.05, 0) is 43.0 Å². The predicted octanol–water partition coefficient (Wildman–Crippen LogP) is 2.41. The van der Waals surface area contributed by atoms with Gasteiger partial charge in [-0.25, -0.2) is 9.97 Å². The van der Waals surface area contributed by atoms with Crippen molar-refractivity contribution in [2.45, 2.75) is 38.1 Å². The van der Waals surface area contributed by atoms with Crippen LogP contribution in [-0.2, 0) is 12.8 Å². The summed E-state index contributed by atoms with van der Waals surface area (Å²) in [6, 6.07) is 6.13. The minimum atomic E-state index is -0.0427. The number of piperazine rings is 1. The number of nitrogens with zero attached hydrogens (tertiary/aromatic N) is 5. The van der Waals surface area contributed by atoms with Crippen LogP contribution in [-0.4, -0.2) is 85.2 Å². The Bertz CT molecular complexity index is 1000. The highest BCUT2D eigenvalue weighted by Gasteiger charge is 2.29. The summed E-state index contributed by atoms with van der Waals surface area (Å²) >= 11 is 0. The van der Waals surface area contributed by atoms with Crippen molar-refractivity contribution in [2.24, 2.45) is 0 Å². The molecule has 1 saturated heterocycles. The third-order valence-corrected chi connectivity index (χ3v) is 7.32. The van der Waals surface area contributed by atoms with Gasteiger partial charge in [-0.1, -0.05) is 6.42 Å². The average Bonchev–Trinajstić information content (AvgIpc) is 3.05. The molecule has 3 aliphatic rings. The zero-order valence-electron chi connectivity index (χ0n) is 19.6. The van der Waals surface area contributed by atoms with Crippen LogP contribution in [0.1, 0.15) is 40.9 Å². The zero-order chi connectivity index (χ0) is 22.8. The molecule has 2 fully saturated rings. The number of rotatable bonds is 5. The van der Waals surface area contributed by atoms with E-state index in [4.69, 9.17) is 19.4 Å². The fourth-order valence-electron chi connectivity index (χ4n) is 5.01. The molecule has 33 heavy (non-hydrogen) atoms. The number of benzene rings is 1. The summed E-state index contributed by atoms with van der Waals surface area (Å²) in [7, 11) is 3.18. The molecule has 0 atom stereocenters. The second kappa shape index (κ2) is 9.55. The molecule has 3 heterocycles. The Morgan fingerprint density at radius 3 is 2.48 bits per heavy atom. The van der Waals surface area contributed by atoms with Crippen LogP contribution in [0.25, 0.3) is 0 Å². The number of aromatic nitrogens is 2. The van der Waals surface area contributed by atoms with Gasteiger partial charge in [-0.2, -0.15) is 0 Å². The summed E-state index contributed by atoms with van der Waals surface area (Å²) in [5, 5.41) is 0. The first-order chi connectivity index (χ1) is 16.2. The van der Waals surface area contributed by atoms with Crippen LogP contribution in [0.15, 0.2) is 24.4 Å². The van der Waals surface area contributed by atoms with Crippen molar-refractivity contribution < 1.29 is 14.3 Å². The Hall–Kier alpha value is -2.87. The third-order valence-electron chi connectivity index (χ3n) is 7.32. The number of fused-ring (bicyclic) bond motifs is 1. The molecule has 1 amide bonds. The number of carbonyl (C=O) groups is 1. The Kier molecular flexibility index (Phi) is 6.35. The Labute approximate surface area is 195 Å². The van der Waals surface area contributed by atoms with E-state index in [1.54, 1.807) is 32.4 Å². The molecule has 0 spiro atoms. The minimum absolute atomic E-state index is 0.0427. The predicted molar refractivity (Wildman–Crippen MR) is 126 cm³/mol. The van der Waals surface area contributed by atoms with E-state index in [0.717, 1.165) is 62.3 Å². The molecule has 2 aliphatic heterocycles. The van der Waals surface area contributed by atoms with Crippen molar-refractivity contribution in [1.82, 2.24) is 19.8 Å². The molecule has 1 saturated carbocycles. The van der Waals surface area contributed by atoms with Crippen molar-refractivity contribution >= 4 is 11.9 Å². The molecule has 176 valence electrons. The van der Waals surface area contributed by atoms with Crippen LogP contribution in [0.3, 0.4) is 0 Å². The molecule has 0 bridgehead atoms. The van der Waals surface area contributed by atoms with E-state index in [0.29, 0.717) is 30.2 Å². The number of hydrogen-bond acceptors (Lipinski definition) is 7. The number of methoxy groups -OCH3 is 2. The Morgan fingerprint density at radius 2 is 1.79 bits per heavy atom. The molecular formula is C25H33N5O3. The highest BCUT2D eigenvalue weighted by molar-refractivity contribution is 5.97. The lowest BCUT2D eigenvalue weighted by Crippen LogP contribution is -2.52. The highest BCUT2D eigenvalue weighted by atomic mass is 16.5. The first-order valence-electron chi connectivity index (χ1n) is 12.0. The average molecular weight is 452 g/mol. The number of anilines is 1. The molecule has 0 radical (unpaired) electrons. The number of amides is 1. The Morgan fingerprint density at radius 1 is 1.00 bits per heavy atom. The monoisotopic (exact) mass is 451 g/mol. The standard InChI is InChI=1S/C25H33N5O3/c1-32-20-6-7-23(33-2)21(16-20)24(31)29-10-8-18-17-26-25(27-22(18)9-11-29)30-14-12-28(13-15-30)19-4-3-5-19/h6-7,16-17,19H,3-5,8-15H2,1-2H3. The van der Waals surface area contributed by atoms with Gasteiger partial charge in [0.15, 0.2) is 0 Å². The van der Waals surface area contributed by atoms with Crippen LogP contribution in [0.2, 0.25) is 0 Å². The summed E-state index contributed by atoms with van der Waals surface area (Å²) in [5.41, 5.74) is 2.73. The Balaban J connectivity index is 1.26. The lowest BCUT2D eigenvalue weighted by molar-refractivity contribution is 0.0759.